The molecule has 0 rings (SSSR count). The van der Waals surface area contributed by atoms with E-state index in [2.05, 4.69) is 16.2 Å². The first-order valence-electron chi connectivity index (χ1n) is 2.43. The lowest BCUT2D eigenvalue weighted by Crippen LogP contribution is -2.42. The summed E-state index contributed by atoms with van der Waals surface area (Å²) < 4.78 is 0. The van der Waals surface area contributed by atoms with E-state index in [1.54, 1.807) is 7.05 Å². The van der Waals surface area contributed by atoms with Crippen molar-refractivity contribution in [2.45, 2.75) is 0 Å². The molecule has 5 heteroatoms. The van der Waals surface area contributed by atoms with Crippen molar-refractivity contribution in [3.63, 3.8) is 0 Å². The molecule has 0 aliphatic heterocycles. The number of hydrogen-bond acceptors (Lipinski definition) is 3. The Morgan fingerprint density at radius 1 is 1.78 bits per heavy atom. The van der Waals surface area contributed by atoms with Gasteiger partial charge in [-0.05, 0) is 0 Å². The number of nitrogens with one attached hydrogen (secondary N) is 4. The van der Waals surface area contributed by atoms with Crippen molar-refractivity contribution < 1.29 is 0 Å². The first-order valence-corrected chi connectivity index (χ1v) is 2.43. The average Bonchev–Trinajstić information content (AvgIpc) is 1.85. The van der Waals surface area contributed by atoms with Crippen LogP contribution in [0.3, 0.4) is 0 Å². The van der Waals surface area contributed by atoms with Crippen LogP contribution in [0.25, 0.3) is 0 Å². The van der Waals surface area contributed by atoms with Gasteiger partial charge in [-0.15, -0.1) is 0 Å². The molecular weight excluding hydrogens is 118 g/mol. The Labute approximate surface area is 53.5 Å². The van der Waals surface area contributed by atoms with Crippen molar-refractivity contribution in [2.24, 2.45) is 0 Å². The maximum Gasteiger partial charge on any atom is 0.203 e. The van der Waals surface area contributed by atoms with Gasteiger partial charge in [0.05, 0.1) is 6.07 Å². The standard InChI is InChI=1S/C4H9N5/c1-7-9-4(6)8-3-2-5/h7H,3H2,1H3,(H3,6,8,9). The molecule has 0 aromatic heterocycles. The third-order valence-electron chi connectivity index (χ3n) is 0.594. The van der Waals surface area contributed by atoms with Gasteiger partial charge in [0.15, 0.2) is 0 Å². The van der Waals surface area contributed by atoms with Crippen LogP contribution in [0.15, 0.2) is 0 Å². The molecule has 0 spiro atoms. The summed E-state index contributed by atoms with van der Waals surface area (Å²) in [6, 6.07) is 1.84. The highest BCUT2D eigenvalue weighted by molar-refractivity contribution is 5.75. The lowest BCUT2D eigenvalue weighted by Gasteiger charge is -2.03. The van der Waals surface area contributed by atoms with E-state index in [1.807, 2.05) is 6.07 Å². The Balaban J connectivity index is 3.19. The summed E-state index contributed by atoms with van der Waals surface area (Å²) in [7, 11) is 1.64. The van der Waals surface area contributed by atoms with Gasteiger partial charge in [0, 0.05) is 7.05 Å². The highest BCUT2D eigenvalue weighted by Gasteiger charge is 1.86. The molecule has 0 atom stereocenters. The quantitative estimate of drug-likeness (QED) is 0.162. The van der Waals surface area contributed by atoms with Gasteiger partial charge >= 0.3 is 0 Å². The lowest BCUT2D eigenvalue weighted by molar-refractivity contribution is 0.733. The van der Waals surface area contributed by atoms with Crippen molar-refractivity contribution >= 4 is 5.96 Å². The largest absolute Gasteiger partial charge is 0.342 e. The SMILES string of the molecule is CNNC(=N)NCC#N. The van der Waals surface area contributed by atoms with Gasteiger partial charge in [0.25, 0.3) is 0 Å². The van der Waals surface area contributed by atoms with E-state index in [0.717, 1.165) is 0 Å². The predicted molar refractivity (Wildman–Crippen MR) is 33.5 cm³/mol. The number of guanidine groups is 1. The summed E-state index contributed by atoms with van der Waals surface area (Å²) in [6.45, 7) is 0.146. The molecule has 50 valence electrons. The minimum absolute atomic E-state index is 0.0963. The van der Waals surface area contributed by atoms with Crippen molar-refractivity contribution in [3.8, 4) is 6.07 Å². The molecule has 0 aliphatic carbocycles. The maximum absolute atomic E-state index is 8.03. The summed E-state index contributed by atoms with van der Waals surface area (Å²) in [6.07, 6.45) is 0. The normalized spacial score (nSPS) is 7.56. The number of nitrogens with zero attached hydrogens (tertiary/aromatic N) is 1. The van der Waals surface area contributed by atoms with Crippen LogP contribution in [0, 0.1) is 16.7 Å². The molecule has 4 N–H and O–H groups in total. The number of hydrogen-bond donors (Lipinski definition) is 4. The minimum Gasteiger partial charge on any atom is -0.342 e. The average molecular weight is 127 g/mol. The van der Waals surface area contributed by atoms with E-state index in [4.69, 9.17) is 10.7 Å². The molecule has 0 aliphatic rings. The second kappa shape index (κ2) is 4.87. The predicted octanol–water partition coefficient (Wildman–Crippen LogP) is -1.24. The number of rotatable bonds is 2. The third kappa shape index (κ3) is 4.58. The monoisotopic (exact) mass is 127 g/mol. The Morgan fingerprint density at radius 2 is 2.44 bits per heavy atom. The third-order valence-corrected chi connectivity index (χ3v) is 0.594. The van der Waals surface area contributed by atoms with Gasteiger partial charge in [0.1, 0.15) is 6.54 Å². The molecule has 0 saturated heterocycles. The van der Waals surface area contributed by atoms with Crippen LogP contribution >= 0.6 is 0 Å². The molecule has 0 radical (unpaired) electrons. The van der Waals surface area contributed by atoms with Crippen LogP contribution in [0.5, 0.6) is 0 Å². The molecule has 0 amide bonds. The van der Waals surface area contributed by atoms with Gasteiger partial charge in [-0.25, -0.2) is 5.43 Å². The Hall–Kier alpha value is -1.28. The highest BCUT2D eigenvalue weighted by atomic mass is 15.4. The molecule has 9 heavy (non-hydrogen) atoms. The summed E-state index contributed by atoms with van der Waals surface area (Å²) in [4.78, 5) is 0. The molecule has 0 heterocycles. The fraction of sp³-hybridized carbons (Fsp3) is 0.500. The lowest BCUT2D eigenvalue weighted by atomic mass is 10.7. The van der Waals surface area contributed by atoms with Crippen LogP contribution in [0.4, 0.5) is 0 Å². The maximum atomic E-state index is 8.03. The van der Waals surface area contributed by atoms with Gasteiger partial charge in [-0.2, -0.15) is 5.26 Å². The first-order chi connectivity index (χ1) is 4.31. The van der Waals surface area contributed by atoms with Crippen molar-refractivity contribution in [3.05, 3.63) is 0 Å². The number of hydrazine groups is 1. The van der Waals surface area contributed by atoms with Crippen molar-refractivity contribution in [1.29, 1.82) is 10.7 Å². The van der Waals surface area contributed by atoms with Gasteiger partial charge in [-0.1, -0.05) is 0 Å². The molecule has 5 nitrogen and oxygen atoms in total. The summed E-state index contributed by atoms with van der Waals surface area (Å²) in [5.41, 5.74) is 4.98. The summed E-state index contributed by atoms with van der Waals surface area (Å²) in [5.74, 6) is 0.0963. The molecule has 0 saturated carbocycles. The highest BCUT2D eigenvalue weighted by Crippen LogP contribution is 1.53. The van der Waals surface area contributed by atoms with E-state index >= 15 is 0 Å². The van der Waals surface area contributed by atoms with Crippen molar-refractivity contribution in [1.82, 2.24) is 16.2 Å². The van der Waals surface area contributed by atoms with E-state index < -0.39 is 0 Å². The van der Waals surface area contributed by atoms with Crippen LogP contribution in [-0.4, -0.2) is 19.6 Å². The smallest absolute Gasteiger partial charge is 0.203 e. The zero-order chi connectivity index (χ0) is 7.11. The first kappa shape index (κ1) is 7.72. The summed E-state index contributed by atoms with van der Waals surface area (Å²) >= 11 is 0. The van der Waals surface area contributed by atoms with Gasteiger partial charge in [-0.3, -0.25) is 10.8 Å². The molecule has 0 fully saturated rings. The molecule has 0 bridgehead atoms. The van der Waals surface area contributed by atoms with Crippen LogP contribution in [0.1, 0.15) is 0 Å². The number of nitriles is 1. The Bertz CT molecular complexity index is 123. The van der Waals surface area contributed by atoms with E-state index in [1.165, 1.54) is 0 Å². The van der Waals surface area contributed by atoms with E-state index in [9.17, 15) is 0 Å². The molecular formula is C4H9N5. The zero-order valence-electron chi connectivity index (χ0n) is 5.15. The Kier molecular flexibility index (Phi) is 4.18. The summed E-state index contributed by atoms with van der Waals surface area (Å²) in [5, 5.41) is 17.5. The second-order valence-corrected chi connectivity index (χ2v) is 1.26. The van der Waals surface area contributed by atoms with E-state index in [0.29, 0.717) is 0 Å². The molecule has 0 aromatic carbocycles. The fourth-order valence-electron chi connectivity index (χ4n) is 0.297. The minimum atomic E-state index is 0.0963. The van der Waals surface area contributed by atoms with Crippen LogP contribution < -0.4 is 16.2 Å². The Morgan fingerprint density at radius 3 is 2.89 bits per heavy atom. The second-order valence-electron chi connectivity index (χ2n) is 1.26. The van der Waals surface area contributed by atoms with Crippen LogP contribution in [-0.2, 0) is 0 Å². The fourth-order valence-corrected chi connectivity index (χ4v) is 0.297. The molecule has 0 aromatic rings. The van der Waals surface area contributed by atoms with E-state index in [-0.39, 0.29) is 12.5 Å². The van der Waals surface area contributed by atoms with Gasteiger partial charge in [0.2, 0.25) is 5.96 Å². The van der Waals surface area contributed by atoms with Gasteiger partial charge < -0.3 is 5.32 Å². The topological polar surface area (TPSA) is 83.7 Å². The zero-order valence-corrected chi connectivity index (χ0v) is 5.15. The molecule has 0 unspecified atom stereocenters. The van der Waals surface area contributed by atoms with Crippen LogP contribution in [0.2, 0.25) is 0 Å². The van der Waals surface area contributed by atoms with Crippen molar-refractivity contribution in [2.75, 3.05) is 13.6 Å².